The molecule has 128 valence electrons. The Morgan fingerprint density at radius 1 is 1.12 bits per heavy atom. The molecular weight excluding hydrogens is 337 g/mol. The van der Waals surface area contributed by atoms with Gasteiger partial charge in [0, 0.05) is 5.69 Å². The van der Waals surface area contributed by atoms with Crippen molar-refractivity contribution in [3.8, 4) is 0 Å². The lowest BCUT2D eigenvalue weighted by Gasteiger charge is -2.29. The number of thiocarbonyl (C=S) groups is 1. The van der Waals surface area contributed by atoms with Gasteiger partial charge in [-0.3, -0.25) is 0 Å². The molecule has 2 N–H and O–H groups in total. The van der Waals surface area contributed by atoms with Crippen LogP contribution >= 0.6 is 12.2 Å². The van der Waals surface area contributed by atoms with Crippen LogP contribution in [0.3, 0.4) is 0 Å². The highest BCUT2D eigenvalue weighted by Gasteiger charge is 2.38. The van der Waals surface area contributed by atoms with E-state index in [4.69, 9.17) is 16.6 Å². The van der Waals surface area contributed by atoms with E-state index in [1.165, 1.54) is 6.07 Å². The van der Waals surface area contributed by atoms with Crippen molar-refractivity contribution in [2.45, 2.75) is 37.4 Å². The number of nitrogens with one attached hydrogen (secondary N) is 2. The van der Waals surface area contributed by atoms with Gasteiger partial charge >= 0.3 is 6.18 Å². The molecule has 1 saturated carbocycles. The second kappa shape index (κ2) is 6.47. The second-order valence-electron chi connectivity index (χ2n) is 5.92. The van der Waals surface area contributed by atoms with Crippen LogP contribution in [0.25, 0.3) is 0 Å². The van der Waals surface area contributed by atoms with Crippen LogP contribution in [0.1, 0.15) is 37.0 Å². The Hall–Kier alpha value is -2.02. The van der Waals surface area contributed by atoms with Crippen molar-refractivity contribution >= 4 is 23.0 Å². The van der Waals surface area contributed by atoms with Crippen LogP contribution < -0.4 is 10.6 Å². The summed E-state index contributed by atoms with van der Waals surface area (Å²) in [4.78, 5) is 0. The highest BCUT2D eigenvalue weighted by molar-refractivity contribution is 7.80. The van der Waals surface area contributed by atoms with Gasteiger partial charge in [-0.15, -0.1) is 0 Å². The predicted octanol–water partition coefficient (Wildman–Crippen LogP) is 5.05. The van der Waals surface area contributed by atoms with Crippen LogP contribution in [-0.4, -0.2) is 5.11 Å². The maximum absolute atomic E-state index is 12.8. The zero-order valence-electron chi connectivity index (χ0n) is 12.8. The average molecular weight is 354 g/mol. The summed E-state index contributed by atoms with van der Waals surface area (Å²) >= 11 is 5.31. The van der Waals surface area contributed by atoms with Crippen LogP contribution in [0.4, 0.5) is 18.9 Å². The van der Waals surface area contributed by atoms with E-state index in [1.54, 1.807) is 12.3 Å². The molecule has 1 aromatic heterocycles. The Bertz CT molecular complexity index is 707. The molecule has 0 aliphatic heterocycles. The molecule has 3 nitrogen and oxygen atoms in total. The van der Waals surface area contributed by atoms with Gasteiger partial charge in [0.2, 0.25) is 0 Å². The predicted molar refractivity (Wildman–Crippen MR) is 89.7 cm³/mol. The Labute approximate surface area is 143 Å². The third-order valence-electron chi connectivity index (χ3n) is 4.25. The average Bonchev–Trinajstić information content (AvgIpc) is 3.18. The minimum Gasteiger partial charge on any atom is -0.467 e. The Morgan fingerprint density at radius 2 is 1.88 bits per heavy atom. The van der Waals surface area contributed by atoms with Crippen LogP contribution in [0.2, 0.25) is 0 Å². The summed E-state index contributed by atoms with van der Waals surface area (Å²) in [6.45, 7) is 0. The van der Waals surface area contributed by atoms with E-state index in [9.17, 15) is 13.2 Å². The zero-order valence-corrected chi connectivity index (χ0v) is 13.6. The van der Waals surface area contributed by atoms with E-state index in [-0.39, 0.29) is 5.11 Å². The standard InChI is InChI=1S/C17H17F3N2OS/c18-17(19,20)12-5-3-6-13(11-12)21-15(24)22-16(8-1-2-9-16)14-7-4-10-23-14/h3-7,10-11H,1-2,8-9H2,(H2,21,22,24). The number of benzene rings is 1. The molecule has 0 radical (unpaired) electrons. The second-order valence-corrected chi connectivity index (χ2v) is 6.33. The first-order valence-corrected chi connectivity index (χ1v) is 8.10. The van der Waals surface area contributed by atoms with Gasteiger partial charge in [-0.2, -0.15) is 13.2 Å². The molecule has 1 aliphatic carbocycles. The molecule has 24 heavy (non-hydrogen) atoms. The topological polar surface area (TPSA) is 37.2 Å². The highest BCUT2D eigenvalue weighted by Crippen LogP contribution is 2.39. The first-order chi connectivity index (χ1) is 11.4. The van der Waals surface area contributed by atoms with Gasteiger partial charge in [0.1, 0.15) is 5.76 Å². The third kappa shape index (κ3) is 3.56. The van der Waals surface area contributed by atoms with Crippen molar-refractivity contribution in [2.24, 2.45) is 0 Å². The Kier molecular flexibility index (Phi) is 4.54. The number of rotatable bonds is 3. The van der Waals surface area contributed by atoms with E-state index in [1.807, 2.05) is 12.1 Å². The summed E-state index contributed by atoms with van der Waals surface area (Å²) in [5, 5.41) is 6.38. The van der Waals surface area contributed by atoms with Crippen LogP contribution in [-0.2, 0) is 11.7 Å². The molecule has 0 unspecified atom stereocenters. The minimum absolute atomic E-state index is 0.285. The van der Waals surface area contributed by atoms with Crippen molar-refractivity contribution in [3.05, 3.63) is 54.0 Å². The molecule has 1 aromatic carbocycles. The largest absolute Gasteiger partial charge is 0.467 e. The molecule has 0 atom stereocenters. The summed E-state index contributed by atoms with van der Waals surface area (Å²) in [6, 6.07) is 8.69. The van der Waals surface area contributed by atoms with E-state index in [0.29, 0.717) is 5.69 Å². The van der Waals surface area contributed by atoms with Crippen molar-refractivity contribution in [2.75, 3.05) is 5.32 Å². The molecule has 1 fully saturated rings. The van der Waals surface area contributed by atoms with Gasteiger partial charge in [0.05, 0.1) is 17.4 Å². The maximum atomic E-state index is 12.8. The van der Waals surface area contributed by atoms with Crippen molar-refractivity contribution < 1.29 is 17.6 Å². The zero-order chi connectivity index (χ0) is 17.2. The van der Waals surface area contributed by atoms with Gasteiger partial charge in [0.15, 0.2) is 5.11 Å². The van der Waals surface area contributed by atoms with Crippen LogP contribution in [0.5, 0.6) is 0 Å². The minimum atomic E-state index is -4.38. The van der Waals surface area contributed by atoms with Crippen molar-refractivity contribution in [1.29, 1.82) is 0 Å². The number of hydrogen-bond acceptors (Lipinski definition) is 2. The van der Waals surface area contributed by atoms with Gasteiger partial charge in [-0.1, -0.05) is 18.9 Å². The molecule has 0 amide bonds. The molecule has 0 saturated heterocycles. The van der Waals surface area contributed by atoms with Gasteiger partial charge < -0.3 is 15.1 Å². The molecule has 7 heteroatoms. The lowest BCUT2D eigenvalue weighted by atomic mass is 9.94. The Morgan fingerprint density at radius 3 is 2.50 bits per heavy atom. The molecule has 1 heterocycles. The summed E-state index contributed by atoms with van der Waals surface area (Å²) in [5.41, 5.74) is -0.804. The number of anilines is 1. The van der Waals surface area contributed by atoms with Gasteiger partial charge in [-0.05, 0) is 55.4 Å². The molecule has 2 aromatic rings. The lowest BCUT2D eigenvalue weighted by molar-refractivity contribution is -0.137. The van der Waals surface area contributed by atoms with E-state index in [2.05, 4.69) is 10.6 Å². The number of alkyl halides is 3. The van der Waals surface area contributed by atoms with E-state index >= 15 is 0 Å². The summed E-state index contributed by atoms with van der Waals surface area (Å²) in [5.74, 6) is 0.799. The first kappa shape index (κ1) is 16.8. The fourth-order valence-electron chi connectivity index (χ4n) is 3.12. The summed E-state index contributed by atoms with van der Waals surface area (Å²) in [7, 11) is 0. The lowest BCUT2D eigenvalue weighted by Crippen LogP contribution is -2.45. The molecule has 3 rings (SSSR count). The van der Waals surface area contributed by atoms with Crippen LogP contribution in [0.15, 0.2) is 47.1 Å². The van der Waals surface area contributed by atoms with Crippen molar-refractivity contribution in [3.63, 3.8) is 0 Å². The molecule has 0 bridgehead atoms. The maximum Gasteiger partial charge on any atom is 0.416 e. The smallest absolute Gasteiger partial charge is 0.416 e. The third-order valence-corrected chi connectivity index (χ3v) is 4.45. The number of furan rings is 1. The highest BCUT2D eigenvalue weighted by atomic mass is 32.1. The monoisotopic (exact) mass is 354 g/mol. The fraction of sp³-hybridized carbons (Fsp3) is 0.353. The molecule has 1 aliphatic rings. The number of hydrogen-bond donors (Lipinski definition) is 2. The Balaban J connectivity index is 1.73. The molecular formula is C17H17F3N2OS. The normalized spacial score (nSPS) is 16.8. The number of halogens is 3. The van der Waals surface area contributed by atoms with Crippen LogP contribution in [0, 0.1) is 0 Å². The van der Waals surface area contributed by atoms with Crippen molar-refractivity contribution in [1.82, 2.24) is 5.32 Å². The van der Waals surface area contributed by atoms with E-state index in [0.717, 1.165) is 43.6 Å². The SMILES string of the molecule is FC(F)(F)c1cccc(NC(=S)NC2(c3ccco3)CCCC2)c1. The van der Waals surface area contributed by atoms with Gasteiger partial charge in [0.25, 0.3) is 0 Å². The fourth-order valence-corrected chi connectivity index (χ4v) is 3.43. The first-order valence-electron chi connectivity index (χ1n) is 7.69. The molecule has 0 spiro atoms. The van der Waals surface area contributed by atoms with Gasteiger partial charge in [-0.25, -0.2) is 0 Å². The quantitative estimate of drug-likeness (QED) is 0.756. The summed E-state index contributed by atoms with van der Waals surface area (Å²) in [6.07, 6.45) is 1.05. The summed E-state index contributed by atoms with van der Waals surface area (Å²) < 4.78 is 43.9. The van der Waals surface area contributed by atoms with E-state index < -0.39 is 17.3 Å².